The maximum Gasteiger partial charge on any atom is 0.319 e. The SMILES string of the molecule is Cc1cc(Cl)c(NC(=O)NC2CCC(N3CCN(c4ccccc4OC(C)C)CC3)CC2)c(I)c1. The molecule has 1 aliphatic heterocycles. The third-order valence-electron chi connectivity index (χ3n) is 6.86. The molecule has 35 heavy (non-hydrogen) atoms. The van der Waals surface area contributed by atoms with Crippen molar-refractivity contribution in [2.75, 3.05) is 36.4 Å². The van der Waals surface area contributed by atoms with Crippen LogP contribution in [0.3, 0.4) is 0 Å². The molecular weight excluding hydrogens is 575 g/mol. The van der Waals surface area contributed by atoms with Gasteiger partial charge in [-0.2, -0.15) is 0 Å². The summed E-state index contributed by atoms with van der Waals surface area (Å²) in [6.07, 6.45) is 4.40. The van der Waals surface area contributed by atoms with Crippen molar-refractivity contribution in [3.05, 3.63) is 50.6 Å². The van der Waals surface area contributed by atoms with E-state index >= 15 is 0 Å². The molecule has 0 unspecified atom stereocenters. The third-order valence-corrected chi connectivity index (χ3v) is 8.01. The standard InChI is InChI=1S/C27H36ClIN4O2/c1-18(2)35-25-7-5-4-6-24(25)33-14-12-32(13-15-33)21-10-8-20(9-11-21)30-27(34)31-26-22(28)16-19(3)17-23(26)29/h4-7,16-18,20-21H,8-15H2,1-3H3,(H2,30,31,34). The van der Waals surface area contributed by atoms with Gasteiger partial charge in [-0.1, -0.05) is 23.7 Å². The summed E-state index contributed by atoms with van der Waals surface area (Å²) in [7, 11) is 0. The molecule has 2 amide bonds. The fourth-order valence-corrected chi connectivity index (χ4v) is 6.54. The summed E-state index contributed by atoms with van der Waals surface area (Å²) in [5, 5.41) is 6.68. The number of para-hydroxylation sites is 2. The van der Waals surface area contributed by atoms with E-state index in [4.69, 9.17) is 16.3 Å². The number of carbonyl (C=O) groups excluding carboxylic acids is 1. The van der Waals surface area contributed by atoms with Crippen molar-refractivity contribution < 1.29 is 9.53 Å². The van der Waals surface area contributed by atoms with Gasteiger partial charge in [0.15, 0.2) is 0 Å². The Balaban J connectivity index is 1.23. The number of rotatable bonds is 6. The molecule has 8 heteroatoms. The van der Waals surface area contributed by atoms with Crippen LogP contribution in [0.1, 0.15) is 45.1 Å². The predicted molar refractivity (Wildman–Crippen MR) is 153 cm³/mol. The average molecular weight is 611 g/mol. The van der Waals surface area contributed by atoms with Gasteiger partial charge in [0.25, 0.3) is 0 Å². The number of nitrogens with zero attached hydrogens (tertiary/aromatic N) is 2. The van der Waals surface area contributed by atoms with Crippen LogP contribution in [0.2, 0.25) is 5.02 Å². The van der Waals surface area contributed by atoms with Gasteiger partial charge >= 0.3 is 6.03 Å². The zero-order chi connectivity index (χ0) is 24.9. The van der Waals surface area contributed by atoms with Gasteiger partial charge in [-0.05, 0) is 98.9 Å². The Hall–Kier alpha value is -1.71. The molecule has 1 saturated heterocycles. The molecule has 4 rings (SSSR count). The topological polar surface area (TPSA) is 56.8 Å². The number of piperazine rings is 1. The van der Waals surface area contributed by atoms with Gasteiger partial charge in [0.2, 0.25) is 0 Å². The Kier molecular flexibility index (Phi) is 9.05. The minimum atomic E-state index is -0.173. The van der Waals surface area contributed by atoms with Crippen molar-refractivity contribution in [2.45, 2.75) is 64.6 Å². The van der Waals surface area contributed by atoms with Crippen molar-refractivity contribution in [3.8, 4) is 5.75 Å². The molecule has 2 fully saturated rings. The minimum Gasteiger partial charge on any atom is -0.489 e. The molecule has 0 bridgehead atoms. The van der Waals surface area contributed by atoms with Crippen LogP contribution in [0.4, 0.5) is 16.2 Å². The highest BCUT2D eigenvalue weighted by molar-refractivity contribution is 14.1. The monoisotopic (exact) mass is 610 g/mol. The number of amides is 2. The zero-order valence-corrected chi connectivity index (χ0v) is 23.7. The highest BCUT2D eigenvalue weighted by Crippen LogP contribution is 2.32. The molecule has 6 nitrogen and oxygen atoms in total. The second-order valence-electron chi connectivity index (χ2n) is 9.86. The van der Waals surface area contributed by atoms with Crippen LogP contribution in [-0.4, -0.2) is 55.3 Å². The summed E-state index contributed by atoms with van der Waals surface area (Å²) in [4.78, 5) is 17.7. The first-order valence-corrected chi connectivity index (χ1v) is 14.0. The van der Waals surface area contributed by atoms with E-state index < -0.39 is 0 Å². The Labute approximate surface area is 227 Å². The zero-order valence-electron chi connectivity index (χ0n) is 20.8. The summed E-state index contributed by atoms with van der Waals surface area (Å²) in [6, 6.07) is 12.9. The molecule has 1 aliphatic carbocycles. The number of benzene rings is 2. The van der Waals surface area contributed by atoms with Gasteiger partial charge in [0, 0.05) is 41.8 Å². The van der Waals surface area contributed by atoms with Crippen molar-refractivity contribution in [2.24, 2.45) is 0 Å². The van der Waals surface area contributed by atoms with Crippen LogP contribution in [0.25, 0.3) is 0 Å². The largest absolute Gasteiger partial charge is 0.489 e. The predicted octanol–water partition coefficient (Wildman–Crippen LogP) is 6.30. The molecule has 0 radical (unpaired) electrons. The Morgan fingerprint density at radius 2 is 1.77 bits per heavy atom. The molecule has 190 valence electrons. The van der Waals surface area contributed by atoms with Gasteiger partial charge in [-0.25, -0.2) is 4.79 Å². The van der Waals surface area contributed by atoms with Gasteiger partial charge in [-0.3, -0.25) is 4.90 Å². The number of nitrogens with one attached hydrogen (secondary N) is 2. The molecule has 0 spiro atoms. The van der Waals surface area contributed by atoms with Gasteiger partial charge in [-0.15, -0.1) is 0 Å². The smallest absolute Gasteiger partial charge is 0.319 e. The Morgan fingerprint density at radius 1 is 1.09 bits per heavy atom. The number of carbonyl (C=O) groups is 1. The van der Waals surface area contributed by atoms with Gasteiger partial charge in [0.1, 0.15) is 5.75 Å². The average Bonchev–Trinajstić information content (AvgIpc) is 2.82. The lowest BCUT2D eigenvalue weighted by Gasteiger charge is -2.43. The molecule has 2 N–H and O–H groups in total. The number of urea groups is 1. The van der Waals surface area contributed by atoms with Crippen LogP contribution in [-0.2, 0) is 0 Å². The summed E-state index contributed by atoms with van der Waals surface area (Å²) >= 11 is 8.56. The number of aryl methyl sites for hydroxylation is 1. The van der Waals surface area contributed by atoms with E-state index in [2.05, 4.69) is 75.1 Å². The van der Waals surface area contributed by atoms with E-state index in [1.165, 1.54) is 5.69 Å². The molecule has 0 aromatic heterocycles. The van der Waals surface area contributed by atoms with Gasteiger partial charge in [0.05, 0.1) is 22.5 Å². The fourth-order valence-electron chi connectivity index (χ4n) is 5.14. The van der Waals surface area contributed by atoms with E-state index in [1.807, 2.05) is 25.1 Å². The highest BCUT2D eigenvalue weighted by atomic mass is 127. The van der Waals surface area contributed by atoms with Crippen molar-refractivity contribution in [3.63, 3.8) is 0 Å². The van der Waals surface area contributed by atoms with E-state index in [9.17, 15) is 4.79 Å². The lowest BCUT2D eigenvalue weighted by molar-refractivity contribution is 0.137. The third kappa shape index (κ3) is 6.95. The first kappa shape index (κ1) is 26.4. The van der Waals surface area contributed by atoms with E-state index in [-0.39, 0.29) is 18.2 Å². The molecule has 2 aromatic rings. The number of hydrogen-bond acceptors (Lipinski definition) is 4. The normalized spacial score (nSPS) is 21.1. The molecule has 1 saturated carbocycles. The molecule has 0 atom stereocenters. The number of halogens is 2. The summed E-state index contributed by atoms with van der Waals surface area (Å²) in [5.41, 5.74) is 2.96. The van der Waals surface area contributed by atoms with Crippen LogP contribution in [0, 0.1) is 10.5 Å². The first-order chi connectivity index (χ1) is 16.8. The first-order valence-electron chi connectivity index (χ1n) is 12.6. The second kappa shape index (κ2) is 12.0. The van der Waals surface area contributed by atoms with Crippen LogP contribution >= 0.6 is 34.2 Å². The Morgan fingerprint density at radius 3 is 2.43 bits per heavy atom. The summed E-state index contributed by atoms with van der Waals surface area (Å²) in [5.74, 6) is 0.974. The van der Waals surface area contributed by atoms with Crippen LogP contribution in [0.15, 0.2) is 36.4 Å². The van der Waals surface area contributed by atoms with E-state index in [0.29, 0.717) is 16.8 Å². The minimum absolute atomic E-state index is 0.167. The summed E-state index contributed by atoms with van der Waals surface area (Å²) < 4.78 is 6.99. The second-order valence-corrected chi connectivity index (χ2v) is 11.4. The van der Waals surface area contributed by atoms with E-state index in [0.717, 1.165) is 66.7 Å². The maximum absolute atomic E-state index is 12.6. The number of ether oxygens (including phenoxy) is 1. The maximum atomic E-state index is 12.6. The lowest BCUT2D eigenvalue weighted by Crippen LogP contribution is -2.52. The van der Waals surface area contributed by atoms with E-state index in [1.54, 1.807) is 0 Å². The van der Waals surface area contributed by atoms with Crippen LogP contribution < -0.4 is 20.3 Å². The Bertz CT molecular complexity index is 995. The summed E-state index contributed by atoms with van der Waals surface area (Å²) in [6.45, 7) is 10.3. The fraction of sp³-hybridized carbons (Fsp3) is 0.519. The molecule has 2 aliphatic rings. The van der Waals surface area contributed by atoms with Crippen molar-refractivity contribution in [1.82, 2.24) is 10.2 Å². The quantitative estimate of drug-likeness (QED) is 0.377. The highest BCUT2D eigenvalue weighted by Gasteiger charge is 2.29. The van der Waals surface area contributed by atoms with Crippen molar-refractivity contribution in [1.29, 1.82) is 0 Å². The van der Waals surface area contributed by atoms with Gasteiger partial charge < -0.3 is 20.3 Å². The van der Waals surface area contributed by atoms with Crippen LogP contribution in [0.5, 0.6) is 5.75 Å². The number of hydrogen-bond donors (Lipinski definition) is 2. The molecule has 2 aromatic carbocycles. The number of anilines is 2. The molecule has 1 heterocycles. The van der Waals surface area contributed by atoms with Crippen molar-refractivity contribution >= 4 is 51.6 Å². The lowest BCUT2D eigenvalue weighted by atomic mass is 9.90. The molecular formula is C27H36ClIN4O2.